The van der Waals surface area contributed by atoms with Crippen molar-refractivity contribution in [3.8, 4) is 5.40 Å². The van der Waals surface area contributed by atoms with Gasteiger partial charge in [-0.25, -0.2) is 0 Å². The second kappa shape index (κ2) is 15.7. The van der Waals surface area contributed by atoms with E-state index in [-0.39, 0.29) is 29.1 Å². The number of thiocarbonyl (C=S) groups is 1. The predicted molar refractivity (Wildman–Crippen MR) is 51.0 cm³/mol. The number of hydrogen-bond acceptors (Lipinski definition) is 3. The number of rotatable bonds is 0. The maximum absolute atomic E-state index is 7.18. The second-order valence-electron chi connectivity index (χ2n) is 0.502. The van der Waals surface area contributed by atoms with E-state index in [1.807, 2.05) is 0 Å². The maximum Gasteiger partial charge on any atom is 0.160 e. The van der Waals surface area contributed by atoms with Gasteiger partial charge in [0.05, 0.1) is 0 Å². The van der Waals surface area contributed by atoms with Crippen molar-refractivity contribution in [3.63, 3.8) is 0 Å². The molecule has 0 bridgehead atoms. The SMILES string of the molecule is I.N#CS.NC(N)=S. The van der Waals surface area contributed by atoms with Crippen LogP contribution in [0.5, 0.6) is 0 Å². The Morgan fingerprint density at radius 2 is 1.62 bits per heavy atom. The molecule has 0 aliphatic rings. The lowest BCUT2D eigenvalue weighted by atomic mass is 11.3. The molecular formula is C2H6IN3S2. The van der Waals surface area contributed by atoms with Gasteiger partial charge in [-0.15, -0.1) is 24.0 Å². The third-order valence-electron chi connectivity index (χ3n) is 0. The molecule has 0 aliphatic heterocycles. The van der Waals surface area contributed by atoms with Crippen molar-refractivity contribution in [1.29, 1.82) is 5.26 Å². The lowest BCUT2D eigenvalue weighted by Crippen LogP contribution is -2.18. The summed E-state index contributed by atoms with van der Waals surface area (Å²) in [5.74, 6) is 0. The van der Waals surface area contributed by atoms with Gasteiger partial charge in [0.25, 0.3) is 0 Å². The van der Waals surface area contributed by atoms with Crippen molar-refractivity contribution < 1.29 is 0 Å². The van der Waals surface area contributed by atoms with Gasteiger partial charge in [-0.3, -0.25) is 0 Å². The van der Waals surface area contributed by atoms with Gasteiger partial charge in [-0.1, -0.05) is 12.6 Å². The molecule has 8 heavy (non-hydrogen) atoms. The Bertz CT molecular complexity index is 83.8. The summed E-state index contributed by atoms with van der Waals surface area (Å²) in [7, 11) is 0. The van der Waals surface area contributed by atoms with Crippen molar-refractivity contribution >= 4 is 53.9 Å². The molecule has 0 saturated heterocycles. The Balaban J connectivity index is -0.0000000575. The second-order valence-corrected chi connectivity index (χ2v) is 1.17. The van der Waals surface area contributed by atoms with Crippen molar-refractivity contribution in [2.75, 3.05) is 0 Å². The monoisotopic (exact) mass is 263 g/mol. The fraction of sp³-hybridized carbons (Fsp3) is 0. The average molecular weight is 263 g/mol. The van der Waals surface area contributed by atoms with Crippen molar-refractivity contribution in [2.24, 2.45) is 11.5 Å². The lowest BCUT2D eigenvalue weighted by Gasteiger charge is -1.68. The number of nitrogens with two attached hydrogens (primary N) is 2. The summed E-state index contributed by atoms with van der Waals surface area (Å²) in [6.45, 7) is 0. The fourth-order valence-electron chi connectivity index (χ4n) is 0. The zero-order valence-electron chi connectivity index (χ0n) is 3.87. The highest BCUT2D eigenvalue weighted by Crippen LogP contribution is 1.46. The number of hydrogen-bond donors (Lipinski definition) is 3. The van der Waals surface area contributed by atoms with E-state index >= 15 is 0 Å². The number of halogens is 1. The smallest absolute Gasteiger partial charge is 0.160 e. The Morgan fingerprint density at radius 1 is 1.62 bits per heavy atom. The molecule has 0 unspecified atom stereocenters. The molecule has 0 rings (SSSR count). The van der Waals surface area contributed by atoms with Crippen LogP contribution in [0.15, 0.2) is 0 Å². The standard InChI is InChI=1S/CH4N2S.CHNS.HI/c2-1(3)4;2-1-3;/h(H4,2,3,4);3H;1H. The van der Waals surface area contributed by atoms with E-state index in [2.05, 4.69) is 36.3 Å². The topological polar surface area (TPSA) is 75.8 Å². The molecule has 48 valence electrons. The molecule has 6 heteroatoms. The highest BCUT2D eigenvalue weighted by molar-refractivity contribution is 14.0. The highest BCUT2D eigenvalue weighted by atomic mass is 127. The molecule has 0 heterocycles. The van der Waals surface area contributed by atoms with Gasteiger partial charge in [0, 0.05) is 0 Å². The summed E-state index contributed by atoms with van der Waals surface area (Å²) in [6, 6.07) is 0. The maximum atomic E-state index is 7.18. The minimum absolute atomic E-state index is 0. The van der Waals surface area contributed by atoms with E-state index in [1.54, 1.807) is 0 Å². The van der Waals surface area contributed by atoms with Crippen LogP contribution in [0.1, 0.15) is 0 Å². The van der Waals surface area contributed by atoms with Crippen LogP contribution in [-0.4, -0.2) is 5.11 Å². The van der Waals surface area contributed by atoms with Crippen molar-refractivity contribution in [3.05, 3.63) is 0 Å². The number of nitrogens with zero attached hydrogens (tertiary/aromatic N) is 1. The van der Waals surface area contributed by atoms with E-state index in [1.165, 1.54) is 5.40 Å². The van der Waals surface area contributed by atoms with Crippen LogP contribution in [-0.2, 0) is 0 Å². The van der Waals surface area contributed by atoms with E-state index in [4.69, 9.17) is 5.26 Å². The summed E-state index contributed by atoms with van der Waals surface area (Å²) >= 11 is 7.19. The molecule has 0 aromatic carbocycles. The van der Waals surface area contributed by atoms with Crippen molar-refractivity contribution in [1.82, 2.24) is 0 Å². The molecule has 0 aromatic rings. The Kier molecular flexibility index (Phi) is 30.8. The quantitative estimate of drug-likeness (QED) is 0.253. The minimum Gasteiger partial charge on any atom is -0.377 e. The summed E-state index contributed by atoms with van der Waals surface area (Å²) in [6.07, 6.45) is 0. The minimum atomic E-state index is 0. The number of nitriles is 1. The fourth-order valence-corrected chi connectivity index (χ4v) is 0. The molecular weight excluding hydrogens is 257 g/mol. The Morgan fingerprint density at radius 3 is 1.62 bits per heavy atom. The zero-order valence-corrected chi connectivity index (χ0v) is 7.91. The molecule has 0 saturated carbocycles. The third-order valence-corrected chi connectivity index (χ3v) is 0. The summed E-state index contributed by atoms with van der Waals surface area (Å²) < 4.78 is 0. The first-order valence-electron chi connectivity index (χ1n) is 1.23. The molecule has 0 fully saturated rings. The van der Waals surface area contributed by atoms with Crippen LogP contribution >= 0.6 is 48.8 Å². The molecule has 0 amide bonds. The molecule has 0 atom stereocenters. The first-order valence-corrected chi connectivity index (χ1v) is 2.08. The van der Waals surface area contributed by atoms with Gasteiger partial charge in [0.2, 0.25) is 0 Å². The van der Waals surface area contributed by atoms with Gasteiger partial charge in [0.15, 0.2) is 5.11 Å². The van der Waals surface area contributed by atoms with Gasteiger partial charge in [-0.05, 0) is 12.2 Å². The van der Waals surface area contributed by atoms with E-state index < -0.39 is 0 Å². The summed E-state index contributed by atoms with van der Waals surface area (Å²) in [5, 5.41) is 8.63. The third kappa shape index (κ3) is 2560. The summed E-state index contributed by atoms with van der Waals surface area (Å²) in [5.41, 5.74) is 9.24. The van der Waals surface area contributed by atoms with Crippen LogP contribution in [0.4, 0.5) is 0 Å². The van der Waals surface area contributed by atoms with E-state index in [0.29, 0.717) is 0 Å². The zero-order chi connectivity index (χ0) is 6.28. The number of thiol groups is 1. The highest BCUT2D eigenvalue weighted by Gasteiger charge is 1.53. The first kappa shape index (κ1) is 15.7. The van der Waals surface area contributed by atoms with Gasteiger partial charge in [-0.2, -0.15) is 5.26 Å². The van der Waals surface area contributed by atoms with Gasteiger partial charge < -0.3 is 11.5 Å². The van der Waals surface area contributed by atoms with Gasteiger partial charge in [0.1, 0.15) is 5.40 Å². The average Bonchev–Trinajstić information content (AvgIpc) is 1.33. The Hall–Kier alpha value is 0.260. The van der Waals surface area contributed by atoms with E-state index in [9.17, 15) is 0 Å². The van der Waals surface area contributed by atoms with Crippen molar-refractivity contribution in [2.45, 2.75) is 0 Å². The number of thiocyanates is 1. The van der Waals surface area contributed by atoms with E-state index in [0.717, 1.165) is 0 Å². The largest absolute Gasteiger partial charge is 0.377 e. The van der Waals surface area contributed by atoms with Crippen LogP contribution in [0, 0.1) is 10.7 Å². The normalized spacial score (nSPS) is 4.00. The first-order chi connectivity index (χ1) is 3.15. The van der Waals surface area contributed by atoms with Crippen LogP contribution in [0.2, 0.25) is 0 Å². The Labute approximate surface area is 75.8 Å². The molecule has 0 aliphatic carbocycles. The lowest BCUT2D eigenvalue weighted by molar-refractivity contribution is 1.57. The predicted octanol–water partition coefficient (Wildman–Crippen LogP) is 0.204. The molecule has 3 nitrogen and oxygen atoms in total. The van der Waals surface area contributed by atoms with Crippen LogP contribution in [0.25, 0.3) is 0 Å². The van der Waals surface area contributed by atoms with Crippen LogP contribution < -0.4 is 11.5 Å². The molecule has 0 spiro atoms. The molecule has 0 aromatic heterocycles. The molecule has 0 radical (unpaired) electrons. The van der Waals surface area contributed by atoms with Crippen LogP contribution in [0.3, 0.4) is 0 Å². The molecule has 4 N–H and O–H groups in total. The summed E-state index contributed by atoms with van der Waals surface area (Å²) in [4.78, 5) is 0. The van der Waals surface area contributed by atoms with Gasteiger partial charge >= 0.3 is 0 Å².